The van der Waals surface area contributed by atoms with Crippen LogP contribution in [0.4, 0.5) is 0 Å². The van der Waals surface area contributed by atoms with E-state index in [1.54, 1.807) is 4.90 Å². The van der Waals surface area contributed by atoms with E-state index in [1.165, 1.54) is 0 Å². The molecule has 1 saturated heterocycles. The summed E-state index contributed by atoms with van der Waals surface area (Å²) in [6.45, 7) is 3.14. The lowest BCUT2D eigenvalue weighted by Crippen LogP contribution is -2.46. The fourth-order valence-electron chi connectivity index (χ4n) is 1.83. The maximum absolute atomic E-state index is 11.8. The second kappa shape index (κ2) is 6.05. The third kappa shape index (κ3) is 2.90. The summed E-state index contributed by atoms with van der Waals surface area (Å²) in [4.78, 5) is 13.4. The van der Waals surface area contributed by atoms with Crippen LogP contribution in [0.2, 0.25) is 0 Å². The molecule has 1 aliphatic rings. The first-order chi connectivity index (χ1) is 7.24. The van der Waals surface area contributed by atoms with Crippen molar-refractivity contribution in [2.45, 2.75) is 31.8 Å². The van der Waals surface area contributed by atoms with E-state index >= 15 is 0 Å². The average molecular weight is 216 g/mol. The molecule has 15 heavy (non-hydrogen) atoms. The highest BCUT2D eigenvalue weighted by molar-refractivity contribution is 5.84. The van der Waals surface area contributed by atoms with Crippen LogP contribution in [0.3, 0.4) is 0 Å². The Kier molecular flexibility index (Phi) is 5.01. The molecular weight excluding hydrogens is 196 g/mol. The molecule has 1 aliphatic heterocycles. The Morgan fingerprint density at radius 2 is 2.20 bits per heavy atom. The van der Waals surface area contributed by atoms with Gasteiger partial charge in [0.15, 0.2) is 0 Å². The predicted octanol–water partition coefficient (Wildman–Crippen LogP) is -1.06. The average Bonchev–Trinajstić information content (AvgIpc) is 2.60. The van der Waals surface area contributed by atoms with E-state index in [0.29, 0.717) is 6.54 Å². The molecule has 0 aromatic rings. The van der Waals surface area contributed by atoms with Crippen molar-refractivity contribution in [2.75, 3.05) is 26.3 Å². The molecule has 1 fully saturated rings. The summed E-state index contributed by atoms with van der Waals surface area (Å²) in [6.07, 6.45) is 1.75. The zero-order valence-corrected chi connectivity index (χ0v) is 9.15. The first kappa shape index (κ1) is 12.4. The molecule has 0 aliphatic carbocycles. The minimum Gasteiger partial charge on any atom is -0.394 e. The van der Waals surface area contributed by atoms with Gasteiger partial charge in [0, 0.05) is 6.54 Å². The smallest absolute Gasteiger partial charge is 0.240 e. The maximum Gasteiger partial charge on any atom is 0.240 e. The molecule has 1 amide bonds. The van der Waals surface area contributed by atoms with E-state index in [0.717, 1.165) is 19.4 Å². The molecule has 88 valence electrons. The molecule has 3 N–H and O–H groups in total. The predicted molar refractivity (Wildman–Crippen MR) is 56.4 cm³/mol. The zero-order chi connectivity index (χ0) is 11.3. The molecule has 0 saturated carbocycles. The van der Waals surface area contributed by atoms with Crippen LogP contribution in [-0.4, -0.2) is 59.4 Å². The number of aliphatic hydroxyl groups is 2. The van der Waals surface area contributed by atoms with Gasteiger partial charge in [-0.2, -0.15) is 0 Å². The van der Waals surface area contributed by atoms with Crippen LogP contribution >= 0.6 is 0 Å². The van der Waals surface area contributed by atoms with Gasteiger partial charge in [0.2, 0.25) is 5.91 Å². The van der Waals surface area contributed by atoms with Gasteiger partial charge < -0.3 is 20.4 Å². The van der Waals surface area contributed by atoms with Crippen molar-refractivity contribution >= 4 is 5.91 Å². The van der Waals surface area contributed by atoms with Crippen LogP contribution in [0.15, 0.2) is 0 Å². The van der Waals surface area contributed by atoms with Gasteiger partial charge in [0.05, 0.1) is 25.3 Å². The number of carbonyl (C=O) groups is 1. The van der Waals surface area contributed by atoms with E-state index in [1.807, 2.05) is 0 Å². The van der Waals surface area contributed by atoms with Crippen molar-refractivity contribution in [3.63, 3.8) is 0 Å². The SMILES string of the molecule is CCCNC1CCN(C(CO)CO)C1=O. The number of likely N-dealkylation sites (tertiary alicyclic amines) is 1. The quantitative estimate of drug-likeness (QED) is 0.529. The van der Waals surface area contributed by atoms with Crippen LogP contribution in [0, 0.1) is 0 Å². The summed E-state index contributed by atoms with van der Waals surface area (Å²) in [5.41, 5.74) is 0. The molecule has 5 heteroatoms. The minimum atomic E-state index is -0.439. The van der Waals surface area contributed by atoms with Crippen molar-refractivity contribution < 1.29 is 15.0 Å². The third-order valence-electron chi connectivity index (χ3n) is 2.74. The molecule has 5 nitrogen and oxygen atoms in total. The molecule has 0 aromatic heterocycles. The number of aliphatic hydroxyl groups excluding tert-OH is 2. The summed E-state index contributed by atoms with van der Waals surface area (Å²) in [6, 6.07) is -0.573. The fourth-order valence-corrected chi connectivity index (χ4v) is 1.83. The van der Waals surface area contributed by atoms with Crippen LogP contribution in [0.5, 0.6) is 0 Å². The Balaban J connectivity index is 2.47. The third-order valence-corrected chi connectivity index (χ3v) is 2.74. The lowest BCUT2D eigenvalue weighted by atomic mass is 10.2. The molecule has 0 spiro atoms. The van der Waals surface area contributed by atoms with Crippen LogP contribution in [0.1, 0.15) is 19.8 Å². The Morgan fingerprint density at radius 1 is 1.53 bits per heavy atom. The van der Waals surface area contributed by atoms with Crippen LogP contribution in [0.25, 0.3) is 0 Å². The van der Waals surface area contributed by atoms with Gasteiger partial charge in [-0.05, 0) is 19.4 Å². The Bertz CT molecular complexity index is 207. The van der Waals surface area contributed by atoms with Crippen molar-refractivity contribution in [1.82, 2.24) is 10.2 Å². The van der Waals surface area contributed by atoms with Crippen molar-refractivity contribution in [1.29, 1.82) is 0 Å². The van der Waals surface area contributed by atoms with Crippen molar-refractivity contribution in [3.05, 3.63) is 0 Å². The van der Waals surface area contributed by atoms with E-state index < -0.39 is 6.04 Å². The Hall–Kier alpha value is -0.650. The van der Waals surface area contributed by atoms with Gasteiger partial charge in [-0.15, -0.1) is 0 Å². The minimum absolute atomic E-state index is 0.00319. The number of rotatable bonds is 6. The standard InChI is InChI=1S/C10H20N2O3/c1-2-4-11-9-3-5-12(10(9)15)8(6-13)7-14/h8-9,11,13-14H,2-7H2,1H3. The molecule has 1 rings (SSSR count). The Morgan fingerprint density at radius 3 is 2.73 bits per heavy atom. The number of nitrogens with one attached hydrogen (secondary N) is 1. The summed E-state index contributed by atoms with van der Waals surface area (Å²) in [7, 11) is 0. The number of amides is 1. The second-order valence-electron chi connectivity index (χ2n) is 3.85. The molecule has 0 radical (unpaired) electrons. The number of carbonyl (C=O) groups excluding carboxylic acids is 1. The Labute approximate surface area is 90.1 Å². The molecule has 0 aromatic carbocycles. The number of hydrogen-bond acceptors (Lipinski definition) is 4. The molecule has 1 unspecified atom stereocenters. The first-order valence-corrected chi connectivity index (χ1v) is 5.50. The topological polar surface area (TPSA) is 72.8 Å². The lowest BCUT2D eigenvalue weighted by molar-refractivity contribution is -0.133. The molecule has 1 heterocycles. The number of nitrogens with zero attached hydrogens (tertiary/aromatic N) is 1. The summed E-state index contributed by atoms with van der Waals surface area (Å²) in [5.74, 6) is -0.00319. The van der Waals surface area contributed by atoms with Gasteiger partial charge in [0.1, 0.15) is 0 Å². The van der Waals surface area contributed by atoms with Gasteiger partial charge in [-0.25, -0.2) is 0 Å². The van der Waals surface area contributed by atoms with Gasteiger partial charge in [-0.1, -0.05) is 6.92 Å². The highest BCUT2D eigenvalue weighted by Crippen LogP contribution is 2.14. The van der Waals surface area contributed by atoms with Gasteiger partial charge in [-0.3, -0.25) is 4.79 Å². The molecular formula is C10H20N2O3. The number of hydrogen-bond donors (Lipinski definition) is 3. The summed E-state index contributed by atoms with van der Waals surface area (Å²) >= 11 is 0. The summed E-state index contributed by atoms with van der Waals surface area (Å²) in [5, 5.41) is 21.1. The first-order valence-electron chi connectivity index (χ1n) is 5.50. The van der Waals surface area contributed by atoms with Crippen molar-refractivity contribution in [3.8, 4) is 0 Å². The van der Waals surface area contributed by atoms with Crippen molar-refractivity contribution in [2.24, 2.45) is 0 Å². The highest BCUT2D eigenvalue weighted by Gasteiger charge is 2.34. The highest BCUT2D eigenvalue weighted by atomic mass is 16.3. The van der Waals surface area contributed by atoms with E-state index in [9.17, 15) is 4.79 Å². The van der Waals surface area contributed by atoms with Crippen LogP contribution < -0.4 is 5.32 Å². The monoisotopic (exact) mass is 216 g/mol. The zero-order valence-electron chi connectivity index (χ0n) is 9.15. The van der Waals surface area contributed by atoms with Gasteiger partial charge >= 0.3 is 0 Å². The van der Waals surface area contributed by atoms with E-state index in [-0.39, 0.29) is 25.2 Å². The summed E-state index contributed by atoms with van der Waals surface area (Å²) < 4.78 is 0. The fraction of sp³-hybridized carbons (Fsp3) is 0.900. The maximum atomic E-state index is 11.8. The molecule has 1 atom stereocenters. The largest absolute Gasteiger partial charge is 0.394 e. The normalized spacial score (nSPS) is 21.7. The lowest BCUT2D eigenvalue weighted by Gasteiger charge is -2.24. The van der Waals surface area contributed by atoms with E-state index in [4.69, 9.17) is 10.2 Å². The van der Waals surface area contributed by atoms with Gasteiger partial charge in [0.25, 0.3) is 0 Å². The second-order valence-corrected chi connectivity index (χ2v) is 3.85. The van der Waals surface area contributed by atoms with E-state index in [2.05, 4.69) is 12.2 Å². The van der Waals surface area contributed by atoms with Crippen LogP contribution in [-0.2, 0) is 4.79 Å². The molecule has 0 bridgehead atoms.